The van der Waals surface area contributed by atoms with Crippen molar-refractivity contribution in [2.75, 3.05) is 0 Å². The molecule has 0 aromatic heterocycles. The quantitative estimate of drug-likeness (QED) is 0.198. The molecule has 0 amide bonds. The Balaban J connectivity index is 1.10. The predicted octanol–water partition coefficient (Wildman–Crippen LogP) is 9.14. The lowest BCUT2D eigenvalue weighted by atomic mass is 10.1. The van der Waals surface area contributed by atoms with Crippen LogP contribution in [0.2, 0.25) is 0 Å². The molecule has 0 unspecified atom stereocenters. The van der Waals surface area contributed by atoms with Crippen molar-refractivity contribution in [2.24, 2.45) is 0 Å². The second-order valence-electron chi connectivity index (χ2n) is 9.61. The van der Waals surface area contributed by atoms with Gasteiger partial charge in [0, 0.05) is 0 Å². The standard InChI is InChI=1S/C36H26O5S/c37-30-12-6-27(7-13-30)29-10-16-32(17-11-29)41-34-20-24-36(25-21-34)42(38,39)35-22-18-33(19-23-35)40-31-14-8-28(9-15-31)26-4-2-1-3-5-26/h1-25,37H. The minimum atomic E-state index is -3.72. The zero-order valence-corrected chi connectivity index (χ0v) is 23.2. The summed E-state index contributed by atoms with van der Waals surface area (Å²) in [6, 6.07) is 45.1. The van der Waals surface area contributed by atoms with E-state index in [4.69, 9.17) is 9.47 Å². The molecule has 0 aliphatic carbocycles. The fourth-order valence-corrected chi connectivity index (χ4v) is 5.76. The highest BCUT2D eigenvalue weighted by Crippen LogP contribution is 2.31. The lowest BCUT2D eigenvalue weighted by molar-refractivity contribution is 0.475. The zero-order chi connectivity index (χ0) is 28.9. The number of phenolic OH excluding ortho intramolecular Hbond substituents is 1. The van der Waals surface area contributed by atoms with Crippen molar-refractivity contribution in [3.8, 4) is 51.0 Å². The van der Waals surface area contributed by atoms with Crippen LogP contribution in [0, 0.1) is 0 Å². The molecule has 0 atom stereocenters. The van der Waals surface area contributed by atoms with Crippen molar-refractivity contribution in [3.05, 3.63) is 152 Å². The number of rotatable bonds is 8. The number of phenols is 1. The van der Waals surface area contributed by atoms with Gasteiger partial charge in [-0.15, -0.1) is 0 Å². The Labute approximate surface area is 244 Å². The maximum absolute atomic E-state index is 13.2. The summed E-state index contributed by atoms with van der Waals surface area (Å²) in [5, 5.41) is 9.48. The minimum Gasteiger partial charge on any atom is -0.508 e. The highest BCUT2D eigenvalue weighted by atomic mass is 32.2. The summed E-state index contributed by atoms with van der Waals surface area (Å²) in [6.45, 7) is 0. The van der Waals surface area contributed by atoms with Crippen molar-refractivity contribution < 1.29 is 23.0 Å². The Morgan fingerprint density at radius 1 is 0.381 bits per heavy atom. The van der Waals surface area contributed by atoms with Gasteiger partial charge in [-0.3, -0.25) is 0 Å². The van der Waals surface area contributed by atoms with Crippen molar-refractivity contribution in [1.82, 2.24) is 0 Å². The van der Waals surface area contributed by atoms with Gasteiger partial charge in [-0.2, -0.15) is 0 Å². The molecule has 6 aromatic carbocycles. The Morgan fingerprint density at radius 2 is 0.690 bits per heavy atom. The first kappa shape index (κ1) is 26.9. The minimum absolute atomic E-state index is 0.169. The Bertz CT molecular complexity index is 1880. The molecule has 0 heterocycles. The number of benzene rings is 6. The highest BCUT2D eigenvalue weighted by molar-refractivity contribution is 7.91. The van der Waals surface area contributed by atoms with Gasteiger partial charge in [-0.05, 0) is 107 Å². The molecule has 1 N–H and O–H groups in total. The van der Waals surface area contributed by atoms with E-state index < -0.39 is 9.84 Å². The molecule has 0 spiro atoms. The lowest BCUT2D eigenvalue weighted by Gasteiger charge is -2.10. The monoisotopic (exact) mass is 570 g/mol. The van der Waals surface area contributed by atoms with Crippen LogP contribution in [0.3, 0.4) is 0 Å². The molecule has 0 radical (unpaired) electrons. The molecule has 0 bridgehead atoms. The van der Waals surface area contributed by atoms with E-state index in [0.29, 0.717) is 23.0 Å². The fraction of sp³-hybridized carbons (Fsp3) is 0. The molecule has 0 aliphatic heterocycles. The predicted molar refractivity (Wildman–Crippen MR) is 164 cm³/mol. The van der Waals surface area contributed by atoms with Gasteiger partial charge >= 0.3 is 0 Å². The molecule has 0 fully saturated rings. The van der Waals surface area contributed by atoms with Crippen LogP contribution in [0.1, 0.15) is 0 Å². The second kappa shape index (κ2) is 11.6. The largest absolute Gasteiger partial charge is 0.508 e. The first-order valence-corrected chi connectivity index (χ1v) is 14.8. The van der Waals surface area contributed by atoms with Gasteiger partial charge in [0.1, 0.15) is 28.7 Å². The molecular formula is C36H26O5S. The van der Waals surface area contributed by atoms with E-state index in [0.717, 1.165) is 22.3 Å². The molecule has 206 valence electrons. The first-order chi connectivity index (χ1) is 20.4. The summed E-state index contributed by atoms with van der Waals surface area (Å²) in [5.74, 6) is 2.57. The van der Waals surface area contributed by atoms with Crippen LogP contribution < -0.4 is 9.47 Å². The maximum Gasteiger partial charge on any atom is 0.206 e. The van der Waals surface area contributed by atoms with Crippen LogP contribution in [-0.4, -0.2) is 13.5 Å². The van der Waals surface area contributed by atoms with E-state index in [-0.39, 0.29) is 15.5 Å². The van der Waals surface area contributed by atoms with Crippen molar-refractivity contribution in [2.45, 2.75) is 9.79 Å². The van der Waals surface area contributed by atoms with Crippen LogP contribution in [0.5, 0.6) is 28.7 Å². The summed E-state index contributed by atoms with van der Waals surface area (Å²) in [6.07, 6.45) is 0. The molecular weight excluding hydrogens is 544 g/mol. The zero-order valence-electron chi connectivity index (χ0n) is 22.4. The third-order valence-electron chi connectivity index (χ3n) is 6.76. The van der Waals surface area contributed by atoms with Gasteiger partial charge in [-0.1, -0.05) is 66.7 Å². The van der Waals surface area contributed by atoms with E-state index in [9.17, 15) is 13.5 Å². The van der Waals surface area contributed by atoms with Gasteiger partial charge in [-0.25, -0.2) is 8.42 Å². The molecule has 6 aromatic rings. The van der Waals surface area contributed by atoms with Crippen LogP contribution in [-0.2, 0) is 9.84 Å². The third kappa shape index (κ3) is 6.04. The summed E-state index contributed by atoms with van der Waals surface area (Å²) in [5.41, 5.74) is 4.18. The molecule has 0 aliphatic rings. The number of ether oxygens (including phenoxy) is 2. The lowest BCUT2D eigenvalue weighted by Crippen LogP contribution is -2.01. The van der Waals surface area contributed by atoms with Gasteiger partial charge < -0.3 is 14.6 Å². The number of aromatic hydroxyl groups is 1. The van der Waals surface area contributed by atoms with E-state index in [1.807, 2.05) is 78.9 Å². The van der Waals surface area contributed by atoms with Crippen molar-refractivity contribution >= 4 is 9.84 Å². The third-order valence-corrected chi connectivity index (χ3v) is 8.54. The Morgan fingerprint density at radius 3 is 1.07 bits per heavy atom. The van der Waals surface area contributed by atoms with Gasteiger partial charge in [0.15, 0.2) is 0 Å². The van der Waals surface area contributed by atoms with E-state index in [1.54, 1.807) is 48.5 Å². The molecule has 5 nitrogen and oxygen atoms in total. The normalized spacial score (nSPS) is 11.1. The molecule has 42 heavy (non-hydrogen) atoms. The van der Waals surface area contributed by atoms with E-state index in [2.05, 4.69) is 12.1 Å². The highest BCUT2D eigenvalue weighted by Gasteiger charge is 2.18. The molecule has 0 saturated carbocycles. The van der Waals surface area contributed by atoms with Gasteiger partial charge in [0.05, 0.1) is 9.79 Å². The van der Waals surface area contributed by atoms with Crippen molar-refractivity contribution in [3.63, 3.8) is 0 Å². The number of hydrogen-bond acceptors (Lipinski definition) is 5. The smallest absolute Gasteiger partial charge is 0.206 e. The van der Waals surface area contributed by atoms with E-state index in [1.165, 1.54) is 12.1 Å². The summed E-state index contributed by atoms with van der Waals surface area (Å²) in [7, 11) is -3.72. The van der Waals surface area contributed by atoms with E-state index >= 15 is 0 Å². The maximum atomic E-state index is 13.2. The topological polar surface area (TPSA) is 72.8 Å². The molecule has 0 saturated heterocycles. The Hall–Kier alpha value is -5.33. The van der Waals surface area contributed by atoms with Crippen LogP contribution >= 0.6 is 0 Å². The summed E-state index contributed by atoms with van der Waals surface area (Å²) in [4.78, 5) is 0.343. The summed E-state index contributed by atoms with van der Waals surface area (Å²) >= 11 is 0. The number of sulfone groups is 1. The number of hydrogen-bond donors (Lipinski definition) is 1. The molecule has 6 rings (SSSR count). The Kier molecular flexibility index (Phi) is 7.45. The first-order valence-electron chi connectivity index (χ1n) is 13.3. The summed E-state index contributed by atoms with van der Waals surface area (Å²) < 4.78 is 38.3. The average Bonchev–Trinajstić information content (AvgIpc) is 3.03. The van der Waals surface area contributed by atoms with Gasteiger partial charge in [0.25, 0.3) is 0 Å². The van der Waals surface area contributed by atoms with Crippen LogP contribution in [0.15, 0.2) is 161 Å². The van der Waals surface area contributed by atoms with Crippen LogP contribution in [0.25, 0.3) is 22.3 Å². The average molecular weight is 571 g/mol. The molecule has 6 heteroatoms. The van der Waals surface area contributed by atoms with Gasteiger partial charge in [0.2, 0.25) is 9.84 Å². The SMILES string of the molecule is O=S(=O)(c1ccc(Oc2ccc(-c3ccccc3)cc2)cc1)c1ccc(Oc2ccc(-c3ccc(O)cc3)cc2)cc1. The second-order valence-corrected chi connectivity index (χ2v) is 11.6. The van der Waals surface area contributed by atoms with Crippen LogP contribution in [0.4, 0.5) is 0 Å². The van der Waals surface area contributed by atoms with Crippen molar-refractivity contribution in [1.29, 1.82) is 0 Å². The fourth-order valence-electron chi connectivity index (χ4n) is 4.50.